The molecule has 11 heteroatoms. The highest BCUT2D eigenvalue weighted by Gasteiger charge is 2.39. The van der Waals surface area contributed by atoms with Crippen molar-refractivity contribution in [2.75, 3.05) is 4.90 Å². The summed E-state index contributed by atoms with van der Waals surface area (Å²) in [5, 5.41) is 25.5. The van der Waals surface area contributed by atoms with Gasteiger partial charge in [0.1, 0.15) is 11.9 Å². The molecular weight excluding hydrogens is 471 g/mol. The smallest absolute Gasteiger partial charge is 0.276 e. The Labute approximate surface area is 197 Å². The molecule has 0 bridgehead atoms. The van der Waals surface area contributed by atoms with Gasteiger partial charge in [-0.3, -0.25) is 29.9 Å². The van der Waals surface area contributed by atoms with Gasteiger partial charge in [0, 0.05) is 18.2 Å². The number of anilines is 1. The monoisotopic (exact) mass is 484 g/mol. The van der Waals surface area contributed by atoms with Crippen LogP contribution in [0.3, 0.4) is 0 Å². The van der Waals surface area contributed by atoms with Crippen molar-refractivity contribution in [3.8, 4) is 0 Å². The second-order valence-corrected chi connectivity index (χ2v) is 7.84. The Morgan fingerprint density at radius 1 is 0.909 bits per heavy atom. The number of carbonyl (C=O) groups is 1. The summed E-state index contributed by atoms with van der Waals surface area (Å²) in [6.45, 7) is 0. The minimum absolute atomic E-state index is 0.0728. The largest absolute Gasteiger partial charge is 0.357 e. The standard InChI is InChI=1S/C22H14Cl2N4O5/c23-16-11-15(27(30)31)12-17(24)20(16)26-21(13-6-2-1-3-7-13)25-18(22(26)29)10-14-8-4-5-9-19(14)28(32)33/h1-12,21,25H/b18-10-/t21-/m1/s1. The van der Waals surface area contributed by atoms with Crippen molar-refractivity contribution in [3.05, 3.63) is 114 Å². The first-order chi connectivity index (χ1) is 15.8. The predicted octanol–water partition coefficient (Wildman–Crippen LogP) is 5.49. The Morgan fingerprint density at radius 2 is 1.52 bits per heavy atom. The van der Waals surface area contributed by atoms with E-state index in [1.807, 2.05) is 0 Å². The number of halogens is 2. The number of non-ortho nitro benzene ring substituents is 1. The first-order valence-electron chi connectivity index (χ1n) is 9.51. The van der Waals surface area contributed by atoms with Crippen LogP contribution in [-0.4, -0.2) is 15.8 Å². The topological polar surface area (TPSA) is 119 Å². The van der Waals surface area contributed by atoms with Crippen molar-refractivity contribution in [3.63, 3.8) is 0 Å². The fourth-order valence-corrected chi connectivity index (χ4v) is 4.20. The van der Waals surface area contributed by atoms with E-state index in [4.69, 9.17) is 23.2 Å². The van der Waals surface area contributed by atoms with Gasteiger partial charge in [-0.15, -0.1) is 0 Å². The maximum atomic E-state index is 13.5. The molecule has 33 heavy (non-hydrogen) atoms. The molecular formula is C22H14Cl2N4O5. The van der Waals surface area contributed by atoms with Crippen LogP contribution >= 0.6 is 23.2 Å². The van der Waals surface area contributed by atoms with Gasteiger partial charge in [0.25, 0.3) is 17.3 Å². The van der Waals surface area contributed by atoms with Crippen LogP contribution in [0.4, 0.5) is 17.1 Å². The second-order valence-electron chi connectivity index (χ2n) is 7.02. The molecule has 0 aliphatic carbocycles. The van der Waals surface area contributed by atoms with Gasteiger partial charge < -0.3 is 5.32 Å². The Morgan fingerprint density at radius 3 is 2.12 bits per heavy atom. The number of carbonyl (C=O) groups excluding carboxylic acids is 1. The van der Waals surface area contributed by atoms with E-state index in [0.717, 1.165) is 12.1 Å². The molecule has 0 saturated carbocycles. The van der Waals surface area contributed by atoms with Crippen molar-refractivity contribution >= 4 is 52.2 Å². The molecule has 1 aliphatic heterocycles. The normalized spacial score (nSPS) is 16.7. The summed E-state index contributed by atoms with van der Waals surface area (Å²) < 4.78 is 0. The summed E-state index contributed by atoms with van der Waals surface area (Å²) in [7, 11) is 0. The van der Waals surface area contributed by atoms with E-state index >= 15 is 0 Å². The van der Waals surface area contributed by atoms with Gasteiger partial charge in [0.05, 0.1) is 31.1 Å². The van der Waals surface area contributed by atoms with E-state index in [1.54, 1.807) is 36.4 Å². The fourth-order valence-electron chi connectivity index (χ4n) is 3.54. The molecule has 1 aliphatic rings. The Bertz CT molecular complexity index is 1290. The van der Waals surface area contributed by atoms with Gasteiger partial charge in [-0.05, 0) is 17.7 Å². The highest BCUT2D eigenvalue weighted by molar-refractivity contribution is 6.40. The number of nitrogens with zero attached hydrogens (tertiary/aromatic N) is 3. The molecule has 0 aromatic heterocycles. The van der Waals surface area contributed by atoms with Crippen molar-refractivity contribution in [1.29, 1.82) is 0 Å². The zero-order valence-corrected chi connectivity index (χ0v) is 18.2. The molecule has 1 fully saturated rings. The number of benzene rings is 3. The SMILES string of the molecule is O=C1/C(=C/c2ccccc2[N+](=O)[O-])N[C@@H](c2ccccc2)N1c1c(Cl)cc([N+](=O)[O-])cc1Cl. The molecule has 166 valence electrons. The van der Waals surface area contributed by atoms with E-state index in [9.17, 15) is 25.0 Å². The van der Waals surface area contributed by atoms with Crippen molar-refractivity contribution < 1.29 is 14.6 Å². The molecule has 0 spiro atoms. The van der Waals surface area contributed by atoms with Gasteiger partial charge in [0.15, 0.2) is 0 Å². The summed E-state index contributed by atoms with van der Waals surface area (Å²) in [5.74, 6) is -0.556. The molecule has 0 radical (unpaired) electrons. The maximum Gasteiger partial charge on any atom is 0.276 e. The van der Waals surface area contributed by atoms with E-state index in [1.165, 1.54) is 29.2 Å². The molecule has 3 aromatic rings. The molecule has 1 heterocycles. The summed E-state index contributed by atoms with van der Waals surface area (Å²) in [5.41, 5.74) is 0.584. The van der Waals surface area contributed by atoms with Gasteiger partial charge in [-0.25, -0.2) is 0 Å². The van der Waals surface area contributed by atoms with Crippen LogP contribution in [0.5, 0.6) is 0 Å². The number of rotatable bonds is 5. The highest BCUT2D eigenvalue weighted by Crippen LogP contribution is 2.43. The van der Waals surface area contributed by atoms with Crippen LogP contribution in [0.15, 0.2) is 72.4 Å². The van der Waals surface area contributed by atoms with Crippen LogP contribution < -0.4 is 10.2 Å². The third-order valence-electron chi connectivity index (χ3n) is 5.00. The summed E-state index contributed by atoms with van der Waals surface area (Å²) in [4.78, 5) is 36.1. The molecule has 1 amide bonds. The number of para-hydroxylation sites is 1. The average Bonchev–Trinajstić information content (AvgIpc) is 3.10. The molecule has 9 nitrogen and oxygen atoms in total. The maximum absolute atomic E-state index is 13.5. The lowest BCUT2D eigenvalue weighted by Crippen LogP contribution is -2.30. The van der Waals surface area contributed by atoms with Crippen LogP contribution in [0.1, 0.15) is 17.3 Å². The quantitative estimate of drug-likeness (QED) is 0.290. The van der Waals surface area contributed by atoms with E-state index in [-0.39, 0.29) is 38.4 Å². The first-order valence-corrected chi connectivity index (χ1v) is 10.3. The summed E-state index contributed by atoms with van der Waals surface area (Å²) in [6, 6.07) is 17.1. The van der Waals surface area contributed by atoms with Crippen LogP contribution in [0.25, 0.3) is 6.08 Å². The van der Waals surface area contributed by atoms with Gasteiger partial charge in [-0.2, -0.15) is 0 Å². The zero-order chi connectivity index (χ0) is 23.7. The molecule has 1 N–H and O–H groups in total. The minimum atomic E-state index is -0.760. The first kappa shape index (κ1) is 22.3. The van der Waals surface area contributed by atoms with Crippen LogP contribution in [0.2, 0.25) is 10.0 Å². The fraction of sp³-hybridized carbons (Fsp3) is 0.0455. The summed E-state index contributed by atoms with van der Waals surface area (Å²) in [6.07, 6.45) is 0.619. The highest BCUT2D eigenvalue weighted by atomic mass is 35.5. The van der Waals surface area contributed by atoms with Crippen molar-refractivity contribution in [2.24, 2.45) is 0 Å². The van der Waals surface area contributed by atoms with E-state index in [0.29, 0.717) is 5.56 Å². The minimum Gasteiger partial charge on any atom is -0.357 e. The van der Waals surface area contributed by atoms with E-state index in [2.05, 4.69) is 5.32 Å². The third-order valence-corrected chi connectivity index (χ3v) is 5.58. The predicted molar refractivity (Wildman–Crippen MR) is 124 cm³/mol. The number of amides is 1. The van der Waals surface area contributed by atoms with E-state index < -0.39 is 21.9 Å². The van der Waals surface area contributed by atoms with Crippen molar-refractivity contribution in [1.82, 2.24) is 5.32 Å². The molecule has 1 saturated heterocycles. The van der Waals surface area contributed by atoms with Gasteiger partial charge in [0.2, 0.25) is 0 Å². The molecule has 3 aromatic carbocycles. The number of nitro benzene ring substituents is 2. The lowest BCUT2D eigenvalue weighted by atomic mass is 10.1. The number of nitro groups is 2. The number of nitrogens with one attached hydrogen (secondary N) is 1. The van der Waals surface area contributed by atoms with Gasteiger partial charge >= 0.3 is 0 Å². The third kappa shape index (κ3) is 4.23. The lowest BCUT2D eigenvalue weighted by molar-refractivity contribution is -0.385. The molecule has 0 unspecified atom stereocenters. The molecule has 1 atom stereocenters. The molecule has 4 rings (SSSR count). The number of hydrogen-bond acceptors (Lipinski definition) is 6. The Balaban J connectivity index is 1.86. The Hall–Kier alpha value is -3.95. The number of hydrogen-bond donors (Lipinski definition) is 1. The van der Waals surface area contributed by atoms with Crippen LogP contribution in [0, 0.1) is 20.2 Å². The zero-order valence-electron chi connectivity index (χ0n) is 16.6. The Kier molecular flexibility index (Phi) is 5.99. The lowest BCUT2D eigenvalue weighted by Gasteiger charge is -2.25. The van der Waals surface area contributed by atoms with Crippen molar-refractivity contribution in [2.45, 2.75) is 6.17 Å². The second kappa shape index (κ2) is 8.89. The average molecular weight is 485 g/mol. The summed E-state index contributed by atoms with van der Waals surface area (Å²) >= 11 is 12.7. The van der Waals surface area contributed by atoms with Gasteiger partial charge in [-0.1, -0.05) is 65.7 Å². The van der Waals surface area contributed by atoms with Crippen LogP contribution in [-0.2, 0) is 4.79 Å².